The summed E-state index contributed by atoms with van der Waals surface area (Å²) in [7, 11) is 0. The Morgan fingerprint density at radius 1 is 0.889 bits per heavy atom. The number of nitrogen functional groups attached to an aromatic ring is 1. The lowest BCUT2D eigenvalue weighted by molar-refractivity contribution is 0.217. The average molecular weight is 247 g/mol. The first-order valence-electron chi connectivity index (χ1n) is 5.62. The fraction of sp³-hybridized carbons (Fsp3) is 0.143. The minimum atomic E-state index is -0.475. The van der Waals surface area contributed by atoms with E-state index >= 15 is 0 Å². The highest BCUT2D eigenvalue weighted by Gasteiger charge is 2.04. The highest BCUT2D eigenvalue weighted by atomic mass is 19.1. The molecular formula is C14H14FNO2. The van der Waals surface area contributed by atoms with Gasteiger partial charge in [0.05, 0.1) is 0 Å². The van der Waals surface area contributed by atoms with Crippen LogP contribution in [0.25, 0.3) is 0 Å². The number of halogens is 1. The van der Waals surface area contributed by atoms with Crippen LogP contribution < -0.4 is 15.2 Å². The molecule has 0 aliphatic carbocycles. The maximum Gasteiger partial charge on any atom is 0.149 e. The molecule has 18 heavy (non-hydrogen) atoms. The molecule has 2 aromatic rings. The Morgan fingerprint density at radius 3 is 2.39 bits per heavy atom. The summed E-state index contributed by atoms with van der Waals surface area (Å²) in [6.07, 6.45) is 0. The van der Waals surface area contributed by atoms with Gasteiger partial charge < -0.3 is 15.2 Å². The van der Waals surface area contributed by atoms with E-state index in [9.17, 15) is 4.39 Å². The van der Waals surface area contributed by atoms with Gasteiger partial charge in [0.1, 0.15) is 36.2 Å². The maximum absolute atomic E-state index is 13.1. The molecule has 0 aliphatic rings. The highest BCUT2D eigenvalue weighted by molar-refractivity contribution is 5.53. The molecule has 0 radical (unpaired) electrons. The molecule has 0 aliphatic heterocycles. The molecule has 0 saturated carbocycles. The molecule has 0 aromatic heterocycles. The number of anilines is 1. The Morgan fingerprint density at radius 2 is 1.61 bits per heavy atom. The van der Waals surface area contributed by atoms with Crippen LogP contribution in [-0.4, -0.2) is 13.2 Å². The lowest BCUT2D eigenvalue weighted by atomic mass is 10.3. The largest absolute Gasteiger partial charge is 0.490 e. The molecule has 2 aromatic carbocycles. The Hall–Kier alpha value is -2.23. The minimum Gasteiger partial charge on any atom is -0.490 e. The van der Waals surface area contributed by atoms with Crippen molar-refractivity contribution in [3.63, 3.8) is 0 Å². The van der Waals surface area contributed by atoms with E-state index in [0.717, 1.165) is 5.75 Å². The minimum absolute atomic E-state index is 0.0252. The van der Waals surface area contributed by atoms with E-state index < -0.39 is 5.82 Å². The number of para-hydroxylation sites is 2. The number of ether oxygens (including phenoxy) is 2. The second-order valence-corrected chi connectivity index (χ2v) is 3.66. The predicted molar refractivity (Wildman–Crippen MR) is 68.2 cm³/mol. The molecule has 0 unspecified atom stereocenters. The third kappa shape index (κ3) is 3.13. The summed E-state index contributed by atoms with van der Waals surface area (Å²) < 4.78 is 23.9. The van der Waals surface area contributed by atoms with Crippen LogP contribution in [0.3, 0.4) is 0 Å². The van der Waals surface area contributed by atoms with Gasteiger partial charge in [0.25, 0.3) is 0 Å². The van der Waals surface area contributed by atoms with Crippen molar-refractivity contribution in [1.82, 2.24) is 0 Å². The molecule has 2 N–H and O–H groups in total. The summed E-state index contributed by atoms with van der Waals surface area (Å²) in [5.41, 5.74) is 5.56. The lowest BCUT2D eigenvalue weighted by Crippen LogP contribution is -2.10. The molecule has 0 spiro atoms. The summed E-state index contributed by atoms with van der Waals surface area (Å²) in [5.74, 6) is 0.636. The Kier molecular flexibility index (Phi) is 4.02. The van der Waals surface area contributed by atoms with Crippen LogP contribution in [0.2, 0.25) is 0 Å². The average Bonchev–Trinajstić information content (AvgIpc) is 2.40. The van der Waals surface area contributed by atoms with E-state index in [0.29, 0.717) is 19.0 Å². The first kappa shape index (κ1) is 12.2. The van der Waals surface area contributed by atoms with Gasteiger partial charge in [-0.1, -0.05) is 24.3 Å². The van der Waals surface area contributed by atoms with Crippen LogP contribution in [-0.2, 0) is 0 Å². The van der Waals surface area contributed by atoms with Crippen molar-refractivity contribution < 1.29 is 13.9 Å². The summed E-state index contributed by atoms with van der Waals surface area (Å²) in [6, 6.07) is 13.9. The van der Waals surface area contributed by atoms with E-state index in [4.69, 9.17) is 15.2 Å². The van der Waals surface area contributed by atoms with Gasteiger partial charge in [-0.15, -0.1) is 0 Å². The molecule has 0 bridgehead atoms. The summed E-state index contributed by atoms with van der Waals surface area (Å²) in [6.45, 7) is 0.683. The van der Waals surface area contributed by atoms with Crippen LogP contribution >= 0.6 is 0 Å². The van der Waals surface area contributed by atoms with Crippen LogP contribution in [0.1, 0.15) is 0 Å². The Balaban J connectivity index is 1.81. The van der Waals surface area contributed by atoms with Crippen molar-refractivity contribution >= 4 is 5.69 Å². The second-order valence-electron chi connectivity index (χ2n) is 3.66. The van der Waals surface area contributed by atoms with Crippen LogP contribution in [0.4, 0.5) is 10.1 Å². The number of benzene rings is 2. The van der Waals surface area contributed by atoms with Gasteiger partial charge in [0.15, 0.2) is 0 Å². The van der Waals surface area contributed by atoms with E-state index in [1.54, 1.807) is 12.1 Å². The third-order valence-corrected chi connectivity index (χ3v) is 2.37. The standard InChI is InChI=1S/C14H14FNO2/c15-12-7-4-8-13(14(12)16)18-10-9-17-11-5-2-1-3-6-11/h1-8H,9-10,16H2. The second kappa shape index (κ2) is 5.91. The number of hydrogen-bond donors (Lipinski definition) is 1. The molecule has 0 amide bonds. The first-order chi connectivity index (χ1) is 8.77. The monoisotopic (exact) mass is 247 g/mol. The van der Waals surface area contributed by atoms with Crippen molar-refractivity contribution in [3.8, 4) is 11.5 Å². The molecular weight excluding hydrogens is 233 g/mol. The van der Waals surface area contributed by atoms with Crippen LogP contribution in [0.15, 0.2) is 48.5 Å². The zero-order valence-electron chi connectivity index (χ0n) is 9.80. The maximum atomic E-state index is 13.1. The van der Waals surface area contributed by atoms with E-state index in [1.807, 2.05) is 30.3 Å². The lowest BCUT2D eigenvalue weighted by Gasteiger charge is -2.10. The fourth-order valence-corrected chi connectivity index (χ4v) is 1.47. The van der Waals surface area contributed by atoms with Gasteiger partial charge in [-0.3, -0.25) is 0 Å². The molecule has 2 rings (SSSR count). The smallest absolute Gasteiger partial charge is 0.149 e. The molecule has 0 heterocycles. The van der Waals surface area contributed by atoms with Gasteiger partial charge in [0.2, 0.25) is 0 Å². The van der Waals surface area contributed by atoms with Gasteiger partial charge >= 0.3 is 0 Å². The van der Waals surface area contributed by atoms with Crippen molar-refractivity contribution in [1.29, 1.82) is 0 Å². The molecule has 0 fully saturated rings. The van der Waals surface area contributed by atoms with Gasteiger partial charge in [0, 0.05) is 0 Å². The van der Waals surface area contributed by atoms with Crippen molar-refractivity contribution in [2.24, 2.45) is 0 Å². The molecule has 94 valence electrons. The van der Waals surface area contributed by atoms with Crippen molar-refractivity contribution in [3.05, 3.63) is 54.3 Å². The van der Waals surface area contributed by atoms with Gasteiger partial charge in [-0.2, -0.15) is 0 Å². The van der Waals surface area contributed by atoms with E-state index in [2.05, 4.69) is 0 Å². The molecule has 3 nitrogen and oxygen atoms in total. The third-order valence-electron chi connectivity index (χ3n) is 2.37. The molecule has 0 atom stereocenters. The van der Waals surface area contributed by atoms with Gasteiger partial charge in [-0.05, 0) is 24.3 Å². The number of nitrogens with two attached hydrogens (primary N) is 1. The zero-order valence-corrected chi connectivity index (χ0v) is 9.80. The highest BCUT2D eigenvalue weighted by Crippen LogP contribution is 2.23. The predicted octanol–water partition coefficient (Wildman–Crippen LogP) is 2.87. The van der Waals surface area contributed by atoms with Crippen LogP contribution in [0, 0.1) is 5.82 Å². The quantitative estimate of drug-likeness (QED) is 0.652. The summed E-state index contributed by atoms with van der Waals surface area (Å²) in [5, 5.41) is 0. The van der Waals surface area contributed by atoms with E-state index in [-0.39, 0.29) is 5.69 Å². The zero-order chi connectivity index (χ0) is 12.8. The van der Waals surface area contributed by atoms with Crippen molar-refractivity contribution in [2.45, 2.75) is 0 Å². The fourth-order valence-electron chi connectivity index (χ4n) is 1.47. The molecule has 4 heteroatoms. The SMILES string of the molecule is Nc1c(F)cccc1OCCOc1ccccc1. The number of rotatable bonds is 5. The topological polar surface area (TPSA) is 44.5 Å². The summed E-state index contributed by atoms with van der Waals surface area (Å²) in [4.78, 5) is 0. The normalized spacial score (nSPS) is 10.1. The molecule has 0 saturated heterocycles. The van der Waals surface area contributed by atoms with Crippen LogP contribution in [0.5, 0.6) is 11.5 Å². The Bertz CT molecular complexity index is 502. The summed E-state index contributed by atoms with van der Waals surface area (Å²) >= 11 is 0. The van der Waals surface area contributed by atoms with E-state index in [1.165, 1.54) is 6.07 Å². The number of hydrogen-bond acceptors (Lipinski definition) is 3. The van der Waals surface area contributed by atoms with Crippen molar-refractivity contribution in [2.75, 3.05) is 18.9 Å². The van der Waals surface area contributed by atoms with Gasteiger partial charge in [-0.25, -0.2) is 4.39 Å². The first-order valence-corrected chi connectivity index (χ1v) is 5.62. The Labute approximate surface area is 105 Å².